The van der Waals surface area contributed by atoms with E-state index in [9.17, 15) is 131 Å². The van der Waals surface area contributed by atoms with E-state index in [1.807, 2.05) is 0 Å². The summed E-state index contributed by atoms with van der Waals surface area (Å²) in [5.41, 5.74) is -7.52. The van der Waals surface area contributed by atoms with E-state index in [-0.39, 0.29) is 6.54 Å². The number of unbranched alkanes of at least 4 members (excludes halogenated alkanes) is 2. The average molecular weight is 1320 g/mol. The summed E-state index contributed by atoms with van der Waals surface area (Å²) < 4.78 is 382. The molecule has 8 nitrogen and oxygen atoms in total. The lowest BCUT2D eigenvalue weighted by molar-refractivity contribution is -0.354. The molecule has 0 aromatic heterocycles. The van der Waals surface area contributed by atoms with Crippen LogP contribution in [0.2, 0.25) is 0 Å². The molecular weight excluding hydrogens is 1260 g/mol. The SMILES string of the molecule is CN(C)CCCN.CN(C)CCCNS(=O)(=O)CCCCC(CC(CC(F)(C(F)(F)F)C(F)(F)F)C(F)(F)F)C(F)(F)F.ClC(Cl)Cl.O=S(=O)(Cl)CCCCC(CC(CC(F)(C(F)(F)F)C(F)(F)F)C(F)(F)F)C(F)(F)F. The summed E-state index contributed by atoms with van der Waals surface area (Å²) >= 11 is 14.4. The van der Waals surface area contributed by atoms with Crippen molar-refractivity contribution in [2.45, 2.75) is 142 Å². The number of nitrogens with one attached hydrogen (secondary N) is 1. The number of hydrogen-bond acceptors (Lipinski definition) is 7. The number of sulfonamides is 1. The third-order valence-electron chi connectivity index (χ3n) is 10.2. The third kappa shape index (κ3) is 36.3. The summed E-state index contributed by atoms with van der Waals surface area (Å²) in [7, 11) is 4.23. The summed E-state index contributed by atoms with van der Waals surface area (Å²) in [4.78, 5) is 3.88. The normalized spacial score (nSPS) is 15.8. The molecular formula is C37H56Cl4F26N4O4S2. The molecule has 470 valence electrons. The number of halogens is 30. The first-order chi connectivity index (χ1) is 33.8. The summed E-state index contributed by atoms with van der Waals surface area (Å²) in [6.07, 6.45) is -65.1. The van der Waals surface area contributed by atoms with E-state index in [0.29, 0.717) is 13.0 Å². The average Bonchev–Trinajstić information content (AvgIpc) is 3.16. The van der Waals surface area contributed by atoms with E-state index in [1.54, 1.807) is 19.0 Å². The molecule has 0 amide bonds. The van der Waals surface area contributed by atoms with E-state index in [1.165, 1.54) is 0 Å². The predicted octanol–water partition coefficient (Wildman–Crippen LogP) is 14.6. The Morgan fingerprint density at radius 3 is 0.935 bits per heavy atom. The molecule has 40 heteroatoms. The highest BCUT2D eigenvalue weighted by atomic mass is 35.7. The van der Waals surface area contributed by atoms with Gasteiger partial charge in [-0.25, -0.2) is 30.3 Å². The minimum atomic E-state index is -6.86. The van der Waals surface area contributed by atoms with Gasteiger partial charge in [-0.05, 0) is 99.2 Å². The second kappa shape index (κ2) is 33.4. The zero-order valence-corrected chi connectivity index (χ0v) is 45.0. The maximum absolute atomic E-state index is 13.8. The molecule has 0 spiro atoms. The molecule has 0 saturated carbocycles. The van der Waals surface area contributed by atoms with Crippen molar-refractivity contribution in [3.63, 3.8) is 0 Å². The molecule has 0 bridgehead atoms. The molecule has 77 heavy (non-hydrogen) atoms. The van der Waals surface area contributed by atoms with Gasteiger partial charge < -0.3 is 15.5 Å². The molecule has 0 aliphatic rings. The second-order valence-corrected chi connectivity index (χ2v) is 24.0. The van der Waals surface area contributed by atoms with Crippen molar-refractivity contribution in [2.24, 2.45) is 29.4 Å². The maximum Gasteiger partial charge on any atom is 0.431 e. The molecule has 0 aliphatic carbocycles. The van der Waals surface area contributed by atoms with Gasteiger partial charge in [0, 0.05) is 30.1 Å². The summed E-state index contributed by atoms with van der Waals surface area (Å²) in [5, 5.41) is 0. The van der Waals surface area contributed by atoms with Crippen LogP contribution in [0.25, 0.3) is 0 Å². The first kappa shape index (κ1) is 82.5. The quantitative estimate of drug-likeness (QED) is 0.0384. The zero-order valence-electron chi connectivity index (χ0n) is 40.4. The van der Waals surface area contributed by atoms with Gasteiger partial charge in [0.2, 0.25) is 19.1 Å². The van der Waals surface area contributed by atoms with E-state index >= 15 is 0 Å². The number of rotatable bonds is 26. The molecule has 4 unspecified atom stereocenters. The van der Waals surface area contributed by atoms with Crippen LogP contribution in [0.4, 0.5) is 114 Å². The van der Waals surface area contributed by atoms with Crippen molar-refractivity contribution >= 4 is 64.6 Å². The number of nitrogens with two attached hydrogens (primary N) is 1. The molecule has 4 atom stereocenters. The van der Waals surface area contributed by atoms with Crippen molar-refractivity contribution in [2.75, 3.05) is 65.9 Å². The fraction of sp³-hybridized carbons (Fsp3) is 1.00. The number of alkyl halides is 29. The lowest BCUT2D eigenvalue weighted by Crippen LogP contribution is -2.55. The fourth-order valence-corrected chi connectivity index (χ4v) is 8.16. The van der Waals surface area contributed by atoms with Crippen molar-refractivity contribution in [3.8, 4) is 0 Å². The fourth-order valence-electron chi connectivity index (χ4n) is 6.10. The van der Waals surface area contributed by atoms with Crippen molar-refractivity contribution in [1.82, 2.24) is 14.5 Å². The van der Waals surface area contributed by atoms with Gasteiger partial charge in [-0.15, -0.1) is 0 Å². The smallest absolute Gasteiger partial charge is 0.330 e. The molecule has 3 N–H and O–H groups in total. The Morgan fingerprint density at radius 1 is 0.442 bits per heavy atom. The number of nitrogens with zero attached hydrogens (tertiary/aromatic N) is 2. The minimum absolute atomic E-state index is 0.00233. The van der Waals surface area contributed by atoms with Crippen LogP contribution in [0.1, 0.15) is 77.0 Å². The highest BCUT2D eigenvalue weighted by Crippen LogP contribution is 2.55. The van der Waals surface area contributed by atoms with Gasteiger partial charge in [0.05, 0.1) is 35.2 Å². The molecule has 0 rings (SSSR count). The number of hydrogen-bond donors (Lipinski definition) is 2. The van der Waals surface area contributed by atoms with E-state index < -0.39 is 184 Å². The van der Waals surface area contributed by atoms with Crippen LogP contribution in [0, 0.1) is 23.7 Å². The lowest BCUT2D eigenvalue weighted by Gasteiger charge is -2.35. The van der Waals surface area contributed by atoms with Crippen LogP contribution >= 0.6 is 45.5 Å². The Hall–Kier alpha value is -0.920. The second-order valence-electron chi connectivity index (χ2n) is 17.2. The van der Waals surface area contributed by atoms with Crippen LogP contribution in [0.15, 0.2) is 0 Å². The largest absolute Gasteiger partial charge is 0.431 e. The van der Waals surface area contributed by atoms with Crippen LogP contribution in [-0.4, -0.2) is 158 Å². The zero-order chi connectivity index (χ0) is 62.5. The van der Waals surface area contributed by atoms with Crippen molar-refractivity contribution in [3.05, 3.63) is 0 Å². The lowest BCUT2D eigenvalue weighted by atomic mass is 9.82. The minimum Gasteiger partial charge on any atom is -0.330 e. The van der Waals surface area contributed by atoms with Crippen molar-refractivity contribution in [1.29, 1.82) is 0 Å². The van der Waals surface area contributed by atoms with Gasteiger partial charge in [0.1, 0.15) is 0 Å². The van der Waals surface area contributed by atoms with Gasteiger partial charge in [0.25, 0.3) is 11.3 Å². The van der Waals surface area contributed by atoms with Crippen LogP contribution < -0.4 is 10.5 Å². The molecule has 0 saturated heterocycles. The first-order valence-electron chi connectivity index (χ1n) is 21.5. The topological polar surface area (TPSA) is 113 Å². The maximum atomic E-state index is 13.8. The van der Waals surface area contributed by atoms with Gasteiger partial charge in [-0.1, -0.05) is 47.6 Å². The highest BCUT2D eigenvalue weighted by Gasteiger charge is 2.75. The standard InChI is InChI=1S/C18H27F13N2O2S.C13H14ClF13O2S.C5H14N2.CHCl3/c1-33(2)8-5-7-32-36(34,35)9-4-3-6-12(15(20,21)22)10-13(16(23,24)25)11-14(19,17(26,27)28)18(29,30)31;14-30(28,29)4-2-1-3-7(10(16,17)18)5-8(11(19,20)21)6-9(15,12(22,23)24)13(25,26)27;1-7(2)5-3-4-6;2-1(3)4/h12-13,32H,3-11H2,1-2H3;7-8H,1-6H2;3-6H2,1-2H3;1H. The Morgan fingerprint density at radius 2 is 0.714 bits per heavy atom. The van der Waals surface area contributed by atoms with E-state index in [2.05, 4.69) is 23.7 Å². The third-order valence-corrected chi connectivity index (χ3v) is 12.9. The summed E-state index contributed by atoms with van der Waals surface area (Å²) in [6.45, 7) is 2.43. The summed E-state index contributed by atoms with van der Waals surface area (Å²) in [6, 6.07) is 0. The van der Waals surface area contributed by atoms with Gasteiger partial charge >= 0.3 is 49.4 Å². The Kier molecular flexibility index (Phi) is 35.8. The van der Waals surface area contributed by atoms with Gasteiger partial charge in [0.15, 0.2) is 4.30 Å². The van der Waals surface area contributed by atoms with Crippen LogP contribution in [0.5, 0.6) is 0 Å². The Labute approximate surface area is 446 Å². The Bertz CT molecular complexity index is 1800. The van der Waals surface area contributed by atoms with Gasteiger partial charge in [-0.3, -0.25) is 0 Å². The highest BCUT2D eigenvalue weighted by molar-refractivity contribution is 8.13. The van der Waals surface area contributed by atoms with E-state index in [0.717, 1.165) is 19.5 Å². The van der Waals surface area contributed by atoms with Crippen LogP contribution in [0.3, 0.4) is 0 Å². The van der Waals surface area contributed by atoms with E-state index in [4.69, 9.17) is 51.2 Å². The van der Waals surface area contributed by atoms with Crippen LogP contribution in [-0.2, 0) is 19.1 Å². The molecule has 0 aromatic rings. The first-order valence-corrected chi connectivity index (χ1v) is 26.9. The molecule has 0 radical (unpaired) electrons. The monoisotopic (exact) mass is 1320 g/mol. The summed E-state index contributed by atoms with van der Waals surface area (Å²) in [5.74, 6) is -15.6. The van der Waals surface area contributed by atoms with Crippen molar-refractivity contribution < 1.29 is 131 Å². The molecule has 0 aliphatic heterocycles. The molecule has 0 heterocycles. The predicted molar refractivity (Wildman–Crippen MR) is 234 cm³/mol. The molecule has 0 aromatic carbocycles. The molecule has 0 fully saturated rings. The Balaban J connectivity index is -0.000000583. The van der Waals surface area contributed by atoms with Gasteiger partial charge in [-0.2, -0.15) is 105 Å².